The van der Waals surface area contributed by atoms with Crippen molar-refractivity contribution in [3.63, 3.8) is 0 Å². The number of ether oxygens (including phenoxy) is 3. The van der Waals surface area contributed by atoms with Gasteiger partial charge in [0.1, 0.15) is 17.1 Å². The molecule has 1 spiro atoms. The molecule has 2 fully saturated rings. The molecule has 2 saturated heterocycles. The van der Waals surface area contributed by atoms with Gasteiger partial charge in [0.25, 0.3) is 0 Å². The summed E-state index contributed by atoms with van der Waals surface area (Å²) < 4.78 is 18.5. The lowest BCUT2D eigenvalue weighted by molar-refractivity contribution is -0.174. The highest BCUT2D eigenvalue weighted by atomic mass is 16.5. The lowest BCUT2D eigenvalue weighted by atomic mass is 9.64. The van der Waals surface area contributed by atoms with E-state index in [-0.39, 0.29) is 17.1 Å². The average molecular weight is 410 g/mol. The van der Waals surface area contributed by atoms with E-state index in [1.807, 2.05) is 18.3 Å². The number of rotatable bonds is 3. The molecule has 2 atom stereocenters. The molecule has 30 heavy (non-hydrogen) atoms. The third-order valence-electron chi connectivity index (χ3n) is 7.30. The summed E-state index contributed by atoms with van der Waals surface area (Å²) in [4.78, 5) is 11.1. The Balaban J connectivity index is 1.31. The molecule has 6 nitrogen and oxygen atoms in total. The fourth-order valence-corrected chi connectivity index (χ4v) is 5.43. The Morgan fingerprint density at radius 1 is 1.20 bits per heavy atom. The average Bonchev–Trinajstić information content (AvgIpc) is 2.76. The lowest BCUT2D eigenvalue weighted by Crippen LogP contribution is -2.54. The minimum absolute atomic E-state index is 0.0714. The van der Waals surface area contributed by atoms with Gasteiger partial charge in [-0.15, -0.1) is 0 Å². The normalized spacial score (nSPS) is 27.0. The first-order chi connectivity index (χ1) is 14.5. The first-order valence-corrected chi connectivity index (χ1v) is 10.9. The summed E-state index contributed by atoms with van der Waals surface area (Å²) >= 11 is 0. The van der Waals surface area contributed by atoms with Crippen LogP contribution in [0.15, 0.2) is 36.8 Å². The first kappa shape index (κ1) is 19.8. The van der Waals surface area contributed by atoms with Crippen LogP contribution >= 0.6 is 0 Å². The van der Waals surface area contributed by atoms with Gasteiger partial charge < -0.3 is 14.2 Å². The highest BCUT2D eigenvalue weighted by Gasteiger charge is 2.52. The van der Waals surface area contributed by atoms with E-state index >= 15 is 0 Å². The van der Waals surface area contributed by atoms with Crippen LogP contribution in [0.3, 0.4) is 0 Å². The maximum Gasteiger partial charge on any atom is 0.126 e. The van der Waals surface area contributed by atoms with E-state index in [9.17, 15) is 0 Å². The van der Waals surface area contributed by atoms with Gasteiger partial charge in [0.2, 0.25) is 0 Å². The molecule has 160 valence electrons. The van der Waals surface area contributed by atoms with Gasteiger partial charge in [0.05, 0.1) is 25.5 Å². The zero-order chi connectivity index (χ0) is 20.8. The monoisotopic (exact) mass is 409 g/mol. The van der Waals surface area contributed by atoms with Crippen LogP contribution in [0.4, 0.5) is 0 Å². The third kappa shape index (κ3) is 3.56. The zero-order valence-electron chi connectivity index (χ0n) is 18.1. The molecule has 1 aromatic heterocycles. The second-order valence-corrected chi connectivity index (χ2v) is 9.62. The summed E-state index contributed by atoms with van der Waals surface area (Å²) in [5.41, 5.74) is 2.15. The fraction of sp³-hybridized carbons (Fsp3) is 0.583. The molecular weight excluding hydrogens is 378 g/mol. The molecule has 3 aliphatic heterocycles. The van der Waals surface area contributed by atoms with Crippen molar-refractivity contribution in [2.45, 2.75) is 51.4 Å². The molecule has 6 heteroatoms. The Morgan fingerprint density at radius 3 is 2.77 bits per heavy atom. The lowest BCUT2D eigenvalue weighted by Gasteiger charge is -2.54. The van der Waals surface area contributed by atoms with Crippen LogP contribution in [-0.4, -0.2) is 47.3 Å². The molecule has 4 heterocycles. The molecule has 2 aromatic rings. The van der Waals surface area contributed by atoms with Crippen LogP contribution in [0.25, 0.3) is 0 Å². The summed E-state index contributed by atoms with van der Waals surface area (Å²) in [6, 6.07) is 6.07. The zero-order valence-corrected chi connectivity index (χ0v) is 18.1. The first-order valence-electron chi connectivity index (χ1n) is 10.9. The molecule has 5 rings (SSSR count). The maximum atomic E-state index is 6.61. The number of fused-ring (bicyclic) bond motifs is 3. The number of benzene rings is 1. The Morgan fingerprint density at radius 2 is 2.03 bits per heavy atom. The SMILES string of the molecule is COc1ccc2c(c1)[C@H]1OCC3(CCN(Cc4cnccn4)CC3)C[C@@H]1C(C)(C)O2. The Hall–Kier alpha value is -2.18. The number of methoxy groups -OCH3 is 1. The van der Waals surface area contributed by atoms with Crippen molar-refractivity contribution >= 4 is 0 Å². The van der Waals surface area contributed by atoms with Crippen LogP contribution in [0.1, 0.15) is 50.5 Å². The molecule has 3 aliphatic rings. The van der Waals surface area contributed by atoms with E-state index in [1.165, 1.54) is 0 Å². The summed E-state index contributed by atoms with van der Waals surface area (Å²) in [5, 5.41) is 0. The van der Waals surface area contributed by atoms with Gasteiger partial charge >= 0.3 is 0 Å². The number of piperidine rings is 1. The third-order valence-corrected chi connectivity index (χ3v) is 7.30. The van der Waals surface area contributed by atoms with Crippen LogP contribution in [-0.2, 0) is 11.3 Å². The van der Waals surface area contributed by atoms with Crippen LogP contribution in [0, 0.1) is 11.3 Å². The second-order valence-electron chi connectivity index (χ2n) is 9.62. The predicted molar refractivity (Wildman–Crippen MR) is 113 cm³/mol. The van der Waals surface area contributed by atoms with E-state index in [1.54, 1.807) is 19.5 Å². The van der Waals surface area contributed by atoms with E-state index in [2.05, 4.69) is 34.8 Å². The van der Waals surface area contributed by atoms with Gasteiger partial charge in [0.15, 0.2) is 0 Å². The van der Waals surface area contributed by atoms with E-state index < -0.39 is 0 Å². The minimum atomic E-state index is -0.254. The van der Waals surface area contributed by atoms with E-state index in [0.29, 0.717) is 5.92 Å². The second kappa shape index (κ2) is 7.50. The number of likely N-dealkylation sites (tertiary alicyclic amines) is 1. The molecule has 0 bridgehead atoms. The van der Waals surface area contributed by atoms with Crippen LogP contribution < -0.4 is 9.47 Å². The maximum absolute atomic E-state index is 6.61. The Kier molecular flexibility index (Phi) is 4.94. The minimum Gasteiger partial charge on any atom is -0.497 e. The van der Waals surface area contributed by atoms with Crippen molar-refractivity contribution in [3.8, 4) is 11.5 Å². The molecular formula is C24H31N3O3. The van der Waals surface area contributed by atoms with Crippen LogP contribution in [0.5, 0.6) is 11.5 Å². The van der Waals surface area contributed by atoms with Gasteiger partial charge in [-0.1, -0.05) is 0 Å². The number of hydrogen-bond acceptors (Lipinski definition) is 6. The van der Waals surface area contributed by atoms with Crippen molar-refractivity contribution in [2.75, 3.05) is 26.8 Å². The van der Waals surface area contributed by atoms with E-state index in [4.69, 9.17) is 14.2 Å². The number of aromatic nitrogens is 2. The molecule has 0 aliphatic carbocycles. The van der Waals surface area contributed by atoms with Gasteiger partial charge in [-0.2, -0.15) is 0 Å². The highest BCUT2D eigenvalue weighted by Crippen LogP contribution is 2.55. The molecule has 0 saturated carbocycles. The van der Waals surface area contributed by atoms with Crippen molar-refractivity contribution in [2.24, 2.45) is 11.3 Å². The largest absolute Gasteiger partial charge is 0.497 e. The van der Waals surface area contributed by atoms with Crippen molar-refractivity contribution in [1.29, 1.82) is 0 Å². The van der Waals surface area contributed by atoms with Gasteiger partial charge in [-0.05, 0) is 69.8 Å². The predicted octanol–water partition coefficient (Wildman–Crippen LogP) is 4.02. The van der Waals surface area contributed by atoms with Crippen molar-refractivity contribution in [1.82, 2.24) is 14.9 Å². The Bertz CT molecular complexity index is 894. The molecule has 0 radical (unpaired) electrons. The van der Waals surface area contributed by atoms with Gasteiger partial charge in [-0.25, -0.2) is 0 Å². The van der Waals surface area contributed by atoms with Crippen LogP contribution in [0.2, 0.25) is 0 Å². The molecule has 0 amide bonds. The topological polar surface area (TPSA) is 56.7 Å². The van der Waals surface area contributed by atoms with Gasteiger partial charge in [-0.3, -0.25) is 14.9 Å². The quantitative estimate of drug-likeness (QED) is 0.763. The number of nitrogens with zero attached hydrogens (tertiary/aromatic N) is 3. The summed E-state index contributed by atoms with van der Waals surface area (Å²) in [6.07, 6.45) is 8.88. The van der Waals surface area contributed by atoms with Crippen molar-refractivity contribution < 1.29 is 14.2 Å². The number of hydrogen-bond donors (Lipinski definition) is 0. The smallest absolute Gasteiger partial charge is 0.126 e. The molecule has 1 aromatic carbocycles. The summed E-state index contributed by atoms with van der Waals surface area (Å²) in [6.45, 7) is 8.26. The summed E-state index contributed by atoms with van der Waals surface area (Å²) in [7, 11) is 1.71. The fourth-order valence-electron chi connectivity index (χ4n) is 5.43. The highest BCUT2D eigenvalue weighted by molar-refractivity contribution is 5.44. The van der Waals surface area contributed by atoms with Gasteiger partial charge in [0, 0.05) is 36.6 Å². The summed E-state index contributed by atoms with van der Waals surface area (Å²) in [5.74, 6) is 2.12. The van der Waals surface area contributed by atoms with Crippen molar-refractivity contribution in [3.05, 3.63) is 48.0 Å². The Labute approximate surface area is 178 Å². The molecule has 0 unspecified atom stereocenters. The molecule has 0 N–H and O–H groups in total. The van der Waals surface area contributed by atoms with E-state index in [0.717, 1.165) is 68.3 Å². The standard InChI is InChI=1S/C24H31N3O3/c1-23(2)20-13-24(6-10-27(11-7-24)15-17-14-25-8-9-26-17)16-29-22(20)19-12-18(28-3)4-5-21(19)30-23/h4-5,8-9,12,14,20,22H,6-7,10-11,13,15-16H2,1-3H3/t20-,22+/m0/s1.